The second kappa shape index (κ2) is 3.92. The van der Waals surface area contributed by atoms with Crippen molar-refractivity contribution >= 4 is 16.8 Å². The highest BCUT2D eigenvalue weighted by atomic mass is 35.5. The molecule has 0 spiro atoms. The molecule has 0 heterocycles. The van der Waals surface area contributed by atoms with E-state index in [4.69, 9.17) is 0 Å². The Labute approximate surface area is 35.0 Å². The maximum Gasteiger partial charge on any atom is 0.218 e. The Balaban J connectivity index is 0. The third-order valence-corrected chi connectivity index (χ3v) is 0. The van der Waals surface area contributed by atoms with Gasteiger partial charge in [0.25, 0.3) is 0 Å². The van der Waals surface area contributed by atoms with Crippen LogP contribution in [0.1, 0.15) is 6.92 Å². The van der Waals surface area contributed by atoms with Crippen LogP contribution in [0, 0.1) is 0 Å². The first kappa shape index (κ1) is 8.87. The molecule has 0 unspecified atom stereocenters. The van der Waals surface area contributed by atoms with Gasteiger partial charge in [-0.2, -0.15) is 0 Å². The van der Waals surface area contributed by atoms with Crippen LogP contribution < -0.4 is 0 Å². The van der Waals surface area contributed by atoms with Crippen molar-refractivity contribution < 1.29 is 10.3 Å². The second-order valence-electron chi connectivity index (χ2n) is 0.470. The van der Waals surface area contributed by atoms with Crippen LogP contribution in [0.5, 0.6) is 0 Å². The standard InChI is InChI=1S/C2H3ClO.O/c1-2(3)4;/h1H3;. The Morgan fingerprint density at radius 2 is 1.80 bits per heavy atom. The van der Waals surface area contributed by atoms with Crippen molar-refractivity contribution in [3.63, 3.8) is 0 Å². The summed E-state index contributed by atoms with van der Waals surface area (Å²) >= 11 is 4.64. The van der Waals surface area contributed by atoms with Crippen molar-refractivity contribution in [2.75, 3.05) is 0 Å². The molecule has 2 nitrogen and oxygen atoms in total. The van der Waals surface area contributed by atoms with Gasteiger partial charge in [0.1, 0.15) is 0 Å². The molecule has 0 bridgehead atoms. The predicted octanol–water partition coefficient (Wildman–Crippen LogP) is 0.653. The Morgan fingerprint density at radius 3 is 1.80 bits per heavy atom. The molecule has 0 rings (SSSR count). The minimum Gasteiger partial charge on any atom is -0.282 e. The lowest BCUT2D eigenvalue weighted by Gasteiger charge is -1.52. The van der Waals surface area contributed by atoms with E-state index in [1.807, 2.05) is 0 Å². The van der Waals surface area contributed by atoms with E-state index in [1.165, 1.54) is 6.92 Å². The molecular formula is C2H3ClO2. The van der Waals surface area contributed by atoms with Gasteiger partial charge in [-0.25, -0.2) is 0 Å². The van der Waals surface area contributed by atoms with Gasteiger partial charge in [-0.15, -0.1) is 0 Å². The SMILES string of the molecule is CC(=O)Cl.[O]. The molecule has 2 radical (unpaired) electrons. The van der Waals surface area contributed by atoms with Gasteiger partial charge in [0, 0.05) is 12.4 Å². The van der Waals surface area contributed by atoms with Crippen molar-refractivity contribution in [2.24, 2.45) is 0 Å². The van der Waals surface area contributed by atoms with E-state index in [1.54, 1.807) is 0 Å². The van der Waals surface area contributed by atoms with E-state index in [9.17, 15) is 4.79 Å². The fourth-order valence-electron chi connectivity index (χ4n) is 0. The summed E-state index contributed by atoms with van der Waals surface area (Å²) in [5, 5.41) is -0.361. The maximum atomic E-state index is 9.21. The topological polar surface area (TPSA) is 45.6 Å². The smallest absolute Gasteiger partial charge is 0.218 e. The third-order valence-electron chi connectivity index (χ3n) is 0. The summed E-state index contributed by atoms with van der Waals surface area (Å²) < 4.78 is 0. The van der Waals surface area contributed by atoms with E-state index in [0.717, 1.165) is 0 Å². The highest BCUT2D eigenvalue weighted by molar-refractivity contribution is 6.62. The summed E-state index contributed by atoms with van der Waals surface area (Å²) in [4.78, 5) is 9.21. The van der Waals surface area contributed by atoms with E-state index in [-0.39, 0.29) is 10.7 Å². The van der Waals surface area contributed by atoms with Gasteiger partial charge >= 0.3 is 0 Å². The Hall–Kier alpha value is -0.0800. The zero-order chi connectivity index (χ0) is 3.58. The van der Waals surface area contributed by atoms with Crippen LogP contribution in [0.3, 0.4) is 0 Å². The molecule has 0 aromatic heterocycles. The Kier molecular flexibility index (Phi) is 6.95. The molecule has 0 fully saturated rings. The van der Waals surface area contributed by atoms with Crippen LogP contribution in [0.4, 0.5) is 0 Å². The molecule has 0 saturated carbocycles. The molecule has 0 aliphatic rings. The third kappa shape index (κ3) is 2260. The molecule has 3 heteroatoms. The monoisotopic (exact) mass is 94.0 g/mol. The summed E-state index contributed by atoms with van der Waals surface area (Å²) in [7, 11) is 0. The lowest BCUT2D eigenvalue weighted by Crippen LogP contribution is -1.62. The van der Waals surface area contributed by atoms with E-state index >= 15 is 0 Å². The van der Waals surface area contributed by atoms with Crippen LogP contribution in [-0.2, 0) is 10.3 Å². The molecular weight excluding hydrogens is 91.5 g/mol. The van der Waals surface area contributed by atoms with Crippen LogP contribution in [0.15, 0.2) is 0 Å². The van der Waals surface area contributed by atoms with Crippen molar-refractivity contribution in [3.05, 3.63) is 0 Å². The molecule has 30 valence electrons. The highest BCUT2D eigenvalue weighted by Gasteiger charge is 1.67. The maximum absolute atomic E-state index is 9.21. The number of hydrogen-bond acceptors (Lipinski definition) is 1. The molecule has 0 atom stereocenters. The number of carbonyl (C=O) groups is 1. The lowest BCUT2D eigenvalue weighted by molar-refractivity contribution is -0.109. The molecule has 5 heavy (non-hydrogen) atoms. The lowest BCUT2D eigenvalue weighted by atomic mass is 10.9. The quantitative estimate of drug-likeness (QED) is 0.407. The normalized spacial score (nSPS) is 5.20. The van der Waals surface area contributed by atoms with Crippen LogP contribution in [-0.4, -0.2) is 5.24 Å². The van der Waals surface area contributed by atoms with Gasteiger partial charge in [-0.05, 0) is 11.6 Å². The largest absolute Gasteiger partial charge is 0.282 e. The van der Waals surface area contributed by atoms with Gasteiger partial charge < -0.3 is 0 Å². The summed E-state index contributed by atoms with van der Waals surface area (Å²) in [6, 6.07) is 0. The second-order valence-corrected chi connectivity index (χ2v) is 1.00. The minimum atomic E-state index is -0.361. The van der Waals surface area contributed by atoms with Crippen LogP contribution in [0.25, 0.3) is 0 Å². The fraction of sp³-hybridized carbons (Fsp3) is 0.500. The fourth-order valence-corrected chi connectivity index (χ4v) is 0. The first-order chi connectivity index (χ1) is 1.73. The molecule has 0 amide bonds. The van der Waals surface area contributed by atoms with E-state index in [2.05, 4.69) is 11.6 Å². The van der Waals surface area contributed by atoms with Gasteiger partial charge in [0.15, 0.2) is 0 Å². The van der Waals surface area contributed by atoms with Gasteiger partial charge in [0.2, 0.25) is 5.24 Å². The number of carbonyl (C=O) groups excluding carboxylic acids is 1. The molecule has 0 saturated heterocycles. The molecule has 0 N–H and O–H groups in total. The number of rotatable bonds is 0. The van der Waals surface area contributed by atoms with Gasteiger partial charge in [0.05, 0.1) is 0 Å². The van der Waals surface area contributed by atoms with Crippen molar-refractivity contribution in [2.45, 2.75) is 6.92 Å². The summed E-state index contributed by atoms with van der Waals surface area (Å²) in [6.07, 6.45) is 0. The van der Waals surface area contributed by atoms with E-state index < -0.39 is 0 Å². The van der Waals surface area contributed by atoms with Crippen molar-refractivity contribution in [1.82, 2.24) is 0 Å². The molecule has 0 aromatic carbocycles. The molecule has 0 aliphatic heterocycles. The zero-order valence-electron chi connectivity index (χ0n) is 2.69. The summed E-state index contributed by atoms with van der Waals surface area (Å²) in [6.45, 7) is 1.29. The Morgan fingerprint density at radius 1 is 1.80 bits per heavy atom. The first-order valence-electron chi connectivity index (χ1n) is 0.893. The number of halogens is 1. The minimum absolute atomic E-state index is 0. The van der Waals surface area contributed by atoms with E-state index in [0.29, 0.717) is 0 Å². The molecule has 0 aliphatic carbocycles. The van der Waals surface area contributed by atoms with Crippen molar-refractivity contribution in [1.29, 1.82) is 0 Å². The van der Waals surface area contributed by atoms with Crippen LogP contribution in [0.2, 0.25) is 0 Å². The Bertz CT molecular complexity index is 30.6. The van der Waals surface area contributed by atoms with Gasteiger partial charge in [-0.1, -0.05) is 0 Å². The average Bonchev–Trinajstić information content (AvgIpc) is 0.811. The molecule has 0 aromatic rings. The summed E-state index contributed by atoms with van der Waals surface area (Å²) in [5.41, 5.74) is 0. The predicted molar refractivity (Wildman–Crippen MR) is 17.2 cm³/mol. The highest BCUT2D eigenvalue weighted by Crippen LogP contribution is 1.67. The first-order valence-corrected chi connectivity index (χ1v) is 1.27. The average molecular weight is 94.5 g/mol. The van der Waals surface area contributed by atoms with Crippen LogP contribution >= 0.6 is 11.6 Å². The van der Waals surface area contributed by atoms with Crippen molar-refractivity contribution in [3.8, 4) is 0 Å². The zero-order valence-corrected chi connectivity index (χ0v) is 3.45. The van der Waals surface area contributed by atoms with Gasteiger partial charge in [-0.3, -0.25) is 4.79 Å². The summed E-state index contributed by atoms with van der Waals surface area (Å²) in [5.74, 6) is 0. The number of hydrogen-bond donors (Lipinski definition) is 0.